The van der Waals surface area contributed by atoms with Crippen LogP contribution in [0.3, 0.4) is 0 Å². The van der Waals surface area contributed by atoms with Crippen LogP contribution >= 0.6 is 0 Å². The molecular weight excluding hydrogens is 288 g/mol. The number of hydrogen-bond donors (Lipinski definition) is 1. The largest absolute Gasteiger partial charge is 0.465 e. The molecule has 0 amide bonds. The Bertz CT molecular complexity index is 904. The average molecular weight is 298 g/mol. The molecule has 0 aliphatic carbocycles. The first-order valence-corrected chi connectivity index (χ1v) is 6.16. The van der Waals surface area contributed by atoms with Crippen LogP contribution in [0.2, 0.25) is 0 Å². The topological polar surface area (TPSA) is 113 Å². The van der Waals surface area contributed by atoms with Gasteiger partial charge in [0.2, 0.25) is 0 Å². The molecule has 0 aliphatic rings. The first-order valence-electron chi connectivity index (χ1n) is 6.16. The number of carbonyl (C=O) groups is 1. The molecule has 1 aromatic carbocycles. The predicted molar refractivity (Wildman–Crippen MR) is 75.4 cm³/mol. The fourth-order valence-electron chi connectivity index (χ4n) is 2.12. The molecule has 2 N–H and O–H groups in total. The van der Waals surface area contributed by atoms with E-state index in [1.165, 1.54) is 7.11 Å². The molecule has 0 saturated heterocycles. The predicted octanol–water partition coefficient (Wildman–Crippen LogP) is 1.33. The molecule has 9 heteroatoms. The lowest BCUT2D eigenvalue weighted by Crippen LogP contribution is -2.01. The molecule has 0 spiro atoms. The number of imidazole rings is 1. The summed E-state index contributed by atoms with van der Waals surface area (Å²) in [6.45, 7) is 7.11. The van der Waals surface area contributed by atoms with Crippen LogP contribution in [-0.4, -0.2) is 32.9 Å². The molecule has 110 valence electrons. The molecule has 3 aromatic rings. The number of esters is 1. The Morgan fingerprint density at radius 3 is 2.95 bits per heavy atom. The second-order valence-electron chi connectivity index (χ2n) is 4.36. The van der Waals surface area contributed by atoms with Gasteiger partial charge in [0.1, 0.15) is 0 Å². The number of ether oxygens (including phenoxy) is 1. The van der Waals surface area contributed by atoms with Gasteiger partial charge in [-0.3, -0.25) is 9.41 Å². The van der Waals surface area contributed by atoms with Gasteiger partial charge >= 0.3 is 5.97 Å². The fourth-order valence-corrected chi connectivity index (χ4v) is 2.12. The number of nitrogen functional groups attached to an aromatic ring is 1. The minimum atomic E-state index is -0.467. The highest BCUT2D eigenvalue weighted by Crippen LogP contribution is 2.27. The van der Waals surface area contributed by atoms with E-state index in [1.807, 2.05) is 0 Å². The van der Waals surface area contributed by atoms with Crippen molar-refractivity contribution in [1.82, 2.24) is 19.9 Å². The normalized spacial score (nSPS) is 10.5. The number of fused-ring (bicyclic) bond motifs is 1. The second kappa shape index (κ2) is 5.17. The molecule has 0 saturated carbocycles. The van der Waals surface area contributed by atoms with Crippen molar-refractivity contribution >= 4 is 22.8 Å². The van der Waals surface area contributed by atoms with E-state index in [0.717, 1.165) is 0 Å². The molecule has 0 fully saturated rings. The molecule has 9 nitrogen and oxygen atoms in total. The molecule has 0 aliphatic heterocycles. The highest BCUT2D eigenvalue weighted by Gasteiger charge is 2.21. The first kappa shape index (κ1) is 13.6. The number of benzene rings is 1. The van der Waals surface area contributed by atoms with E-state index in [4.69, 9.17) is 12.3 Å². The summed E-state index contributed by atoms with van der Waals surface area (Å²) < 4.78 is 10.9. The molecular formula is C13H10N6O3. The summed E-state index contributed by atoms with van der Waals surface area (Å²) in [5, 5.41) is 7.22. The first-order chi connectivity index (χ1) is 10.7. The van der Waals surface area contributed by atoms with Crippen LogP contribution in [0.25, 0.3) is 27.4 Å². The number of carbonyl (C=O) groups excluding carboxylic acids is 1. The smallest absolute Gasteiger partial charge is 0.337 e. The summed E-state index contributed by atoms with van der Waals surface area (Å²) in [4.78, 5) is 19.3. The van der Waals surface area contributed by atoms with Crippen LogP contribution in [0.5, 0.6) is 0 Å². The molecule has 2 aromatic heterocycles. The Hall–Kier alpha value is -3.41. The van der Waals surface area contributed by atoms with Gasteiger partial charge in [-0.15, -0.1) is 0 Å². The number of methoxy groups -OCH3 is 1. The lowest BCUT2D eigenvalue weighted by atomic mass is 10.2. The van der Waals surface area contributed by atoms with Gasteiger partial charge in [-0.2, -0.15) is 0 Å². The van der Waals surface area contributed by atoms with Crippen molar-refractivity contribution in [3.63, 3.8) is 0 Å². The molecule has 0 unspecified atom stereocenters. The summed E-state index contributed by atoms with van der Waals surface area (Å²) in [5.74, 6) is -0.0349. The Balaban J connectivity index is 2.24. The quantitative estimate of drug-likeness (QED) is 0.573. The van der Waals surface area contributed by atoms with Gasteiger partial charge in [0.25, 0.3) is 6.67 Å². The van der Waals surface area contributed by atoms with Crippen LogP contribution in [0.1, 0.15) is 10.4 Å². The summed E-state index contributed by atoms with van der Waals surface area (Å²) in [6, 6.07) is 4.87. The van der Waals surface area contributed by atoms with Gasteiger partial charge in [0, 0.05) is 0 Å². The number of nitrogens with two attached hydrogens (primary N) is 1. The zero-order valence-corrected chi connectivity index (χ0v) is 11.5. The van der Waals surface area contributed by atoms with Crippen molar-refractivity contribution in [2.24, 2.45) is 0 Å². The molecule has 0 radical (unpaired) electrons. The standard InChI is InChI=1S/C13H10N6O3/c1-15-6-19-9-4-3-7(13(20)21-2)5-8(9)16-12(19)10-11(14)18-22-17-10/h3-5H,6H2,2H3,(H2,14,18). The average Bonchev–Trinajstić information content (AvgIpc) is 3.10. The van der Waals surface area contributed by atoms with Crippen LogP contribution in [0.4, 0.5) is 5.82 Å². The monoisotopic (exact) mass is 298 g/mol. The third-order valence-electron chi connectivity index (χ3n) is 3.11. The van der Waals surface area contributed by atoms with Crippen molar-refractivity contribution in [3.05, 3.63) is 35.2 Å². The van der Waals surface area contributed by atoms with Crippen molar-refractivity contribution in [3.8, 4) is 11.5 Å². The number of hydrogen-bond acceptors (Lipinski definition) is 7. The summed E-state index contributed by atoms with van der Waals surface area (Å²) in [7, 11) is 1.30. The number of rotatable bonds is 3. The lowest BCUT2D eigenvalue weighted by Gasteiger charge is -2.00. The zero-order valence-electron chi connectivity index (χ0n) is 11.5. The maximum atomic E-state index is 11.6. The van der Waals surface area contributed by atoms with Gasteiger partial charge in [-0.05, 0) is 28.5 Å². The number of anilines is 1. The maximum absolute atomic E-state index is 11.6. The molecule has 0 bridgehead atoms. The van der Waals surface area contributed by atoms with Crippen LogP contribution in [-0.2, 0) is 11.4 Å². The van der Waals surface area contributed by atoms with Crippen molar-refractivity contribution < 1.29 is 14.2 Å². The highest BCUT2D eigenvalue weighted by molar-refractivity contribution is 5.94. The van der Waals surface area contributed by atoms with Crippen LogP contribution < -0.4 is 5.73 Å². The van der Waals surface area contributed by atoms with E-state index in [9.17, 15) is 4.79 Å². The zero-order chi connectivity index (χ0) is 15.7. The van der Waals surface area contributed by atoms with Crippen molar-refractivity contribution in [1.29, 1.82) is 0 Å². The Labute approximate surface area is 124 Å². The summed E-state index contributed by atoms with van der Waals surface area (Å²) >= 11 is 0. The highest BCUT2D eigenvalue weighted by atomic mass is 16.6. The fraction of sp³-hybridized carbons (Fsp3) is 0.154. The SMILES string of the molecule is [C-]#[N+]Cn1c(-c2nonc2N)nc2cc(C(=O)OC)ccc21. The van der Waals surface area contributed by atoms with Gasteiger partial charge < -0.3 is 10.5 Å². The summed E-state index contributed by atoms with van der Waals surface area (Å²) in [6.07, 6.45) is 0. The minimum Gasteiger partial charge on any atom is -0.465 e. The van der Waals surface area contributed by atoms with E-state index >= 15 is 0 Å². The number of nitrogens with zero attached hydrogens (tertiary/aromatic N) is 5. The molecule has 0 atom stereocenters. The third-order valence-corrected chi connectivity index (χ3v) is 3.11. The van der Waals surface area contributed by atoms with Crippen LogP contribution in [0.15, 0.2) is 22.8 Å². The van der Waals surface area contributed by atoms with E-state index in [-0.39, 0.29) is 18.2 Å². The Kier molecular flexibility index (Phi) is 3.19. The Morgan fingerprint density at radius 2 is 2.32 bits per heavy atom. The van der Waals surface area contributed by atoms with E-state index in [2.05, 4.69) is 29.5 Å². The van der Waals surface area contributed by atoms with E-state index < -0.39 is 5.97 Å². The molecule has 22 heavy (non-hydrogen) atoms. The van der Waals surface area contributed by atoms with Crippen molar-refractivity contribution in [2.75, 3.05) is 12.8 Å². The minimum absolute atomic E-state index is 0.0235. The van der Waals surface area contributed by atoms with E-state index in [0.29, 0.717) is 22.4 Å². The Morgan fingerprint density at radius 1 is 1.50 bits per heavy atom. The summed E-state index contributed by atoms with van der Waals surface area (Å²) in [5.41, 5.74) is 7.48. The van der Waals surface area contributed by atoms with Gasteiger partial charge in [-0.25, -0.2) is 21.0 Å². The van der Waals surface area contributed by atoms with E-state index in [1.54, 1.807) is 22.8 Å². The maximum Gasteiger partial charge on any atom is 0.337 e. The third kappa shape index (κ3) is 2.03. The second-order valence-corrected chi connectivity index (χ2v) is 4.36. The van der Waals surface area contributed by atoms with Crippen molar-refractivity contribution in [2.45, 2.75) is 6.67 Å². The van der Waals surface area contributed by atoms with Gasteiger partial charge in [0.05, 0.1) is 23.7 Å². The van der Waals surface area contributed by atoms with Gasteiger partial charge in [-0.1, -0.05) is 0 Å². The number of aromatic nitrogens is 4. The van der Waals surface area contributed by atoms with Crippen LogP contribution in [0, 0.1) is 6.57 Å². The van der Waals surface area contributed by atoms with Gasteiger partial charge in [0.15, 0.2) is 17.3 Å². The lowest BCUT2D eigenvalue weighted by molar-refractivity contribution is 0.0601. The molecule has 3 rings (SSSR count). The molecule has 2 heterocycles.